The molecule has 0 aromatic carbocycles. The molecular formula is C12H21ClO2. The zero-order chi connectivity index (χ0) is 10.9. The van der Waals surface area contributed by atoms with Gasteiger partial charge in [-0.05, 0) is 25.7 Å². The molecular weight excluding hydrogens is 212 g/mol. The molecule has 1 rings (SSSR count). The average molecular weight is 233 g/mol. The maximum atomic E-state index is 10.7. The number of carbonyl (C=O) groups excluding carboxylic acids is 1. The SMILES string of the molecule is O=C(Cl)OC1CCCCCCCCCC1. The van der Waals surface area contributed by atoms with E-state index in [1.165, 1.54) is 38.5 Å². The molecule has 2 nitrogen and oxygen atoms in total. The summed E-state index contributed by atoms with van der Waals surface area (Å²) in [5, 5.41) is 0. The molecule has 3 heteroatoms. The minimum atomic E-state index is -0.644. The molecule has 0 saturated heterocycles. The lowest BCUT2D eigenvalue weighted by molar-refractivity contribution is 0.106. The zero-order valence-corrected chi connectivity index (χ0v) is 10.1. The third-order valence-electron chi connectivity index (χ3n) is 3.06. The Bertz CT molecular complexity index is 170. The molecule has 0 spiro atoms. The second-order valence-corrected chi connectivity index (χ2v) is 4.69. The Kier molecular flexibility index (Phi) is 6.82. The minimum absolute atomic E-state index is 0.0631. The molecule has 1 saturated carbocycles. The lowest BCUT2D eigenvalue weighted by atomic mass is 10.1. The van der Waals surface area contributed by atoms with Crippen LogP contribution in [0.25, 0.3) is 0 Å². The Morgan fingerprint density at radius 2 is 1.27 bits per heavy atom. The normalized spacial score (nSPS) is 21.7. The highest BCUT2D eigenvalue weighted by Gasteiger charge is 2.12. The zero-order valence-electron chi connectivity index (χ0n) is 9.34. The van der Waals surface area contributed by atoms with Crippen LogP contribution in [0, 0.1) is 0 Å². The van der Waals surface area contributed by atoms with E-state index in [-0.39, 0.29) is 6.10 Å². The Labute approximate surface area is 97.3 Å². The molecule has 0 atom stereocenters. The van der Waals surface area contributed by atoms with Crippen molar-refractivity contribution >= 4 is 17.0 Å². The lowest BCUT2D eigenvalue weighted by Gasteiger charge is -2.15. The molecule has 0 aromatic heterocycles. The summed E-state index contributed by atoms with van der Waals surface area (Å²) < 4.78 is 5.09. The molecule has 0 unspecified atom stereocenters. The molecule has 1 aliphatic carbocycles. The molecule has 0 heterocycles. The van der Waals surface area contributed by atoms with Crippen molar-refractivity contribution in [3.8, 4) is 0 Å². The largest absolute Gasteiger partial charge is 0.450 e. The summed E-state index contributed by atoms with van der Waals surface area (Å²) in [6.07, 6.45) is 12.2. The maximum Gasteiger partial charge on any atom is 0.404 e. The van der Waals surface area contributed by atoms with Crippen LogP contribution in [-0.2, 0) is 4.74 Å². The topological polar surface area (TPSA) is 26.3 Å². The summed E-state index contributed by atoms with van der Waals surface area (Å²) in [5.74, 6) is 0. The molecule has 0 radical (unpaired) electrons. The molecule has 15 heavy (non-hydrogen) atoms. The van der Waals surface area contributed by atoms with Gasteiger partial charge < -0.3 is 4.74 Å². The fraction of sp³-hybridized carbons (Fsp3) is 0.917. The van der Waals surface area contributed by atoms with Gasteiger partial charge in [-0.2, -0.15) is 0 Å². The molecule has 0 aliphatic heterocycles. The fourth-order valence-corrected chi connectivity index (χ4v) is 2.32. The van der Waals surface area contributed by atoms with Crippen LogP contribution in [0.1, 0.15) is 64.2 Å². The summed E-state index contributed by atoms with van der Waals surface area (Å²) in [6, 6.07) is 0. The van der Waals surface area contributed by atoms with Crippen LogP contribution in [0.2, 0.25) is 0 Å². The van der Waals surface area contributed by atoms with Crippen LogP contribution < -0.4 is 0 Å². The van der Waals surface area contributed by atoms with Crippen LogP contribution in [0.5, 0.6) is 0 Å². The standard InChI is InChI=1S/C12H21ClO2/c13-12(14)15-11-9-7-5-3-1-2-4-6-8-10-11/h11H,1-10H2. The van der Waals surface area contributed by atoms with Gasteiger partial charge in [0.15, 0.2) is 0 Å². The number of hydrogen-bond donors (Lipinski definition) is 0. The molecule has 0 N–H and O–H groups in total. The van der Waals surface area contributed by atoms with Crippen molar-refractivity contribution in [2.75, 3.05) is 0 Å². The third kappa shape index (κ3) is 6.77. The van der Waals surface area contributed by atoms with Gasteiger partial charge in [0.1, 0.15) is 6.10 Å². The Hall–Kier alpha value is -0.240. The summed E-state index contributed by atoms with van der Waals surface area (Å²) in [6.45, 7) is 0. The third-order valence-corrected chi connectivity index (χ3v) is 3.15. The second-order valence-electron chi connectivity index (χ2n) is 4.38. The number of carbonyl (C=O) groups is 1. The molecule has 1 aliphatic rings. The van der Waals surface area contributed by atoms with Crippen molar-refractivity contribution in [1.29, 1.82) is 0 Å². The smallest absolute Gasteiger partial charge is 0.404 e. The fourth-order valence-electron chi connectivity index (χ4n) is 2.20. The molecule has 0 bridgehead atoms. The first-order valence-electron chi connectivity index (χ1n) is 6.15. The lowest BCUT2D eigenvalue weighted by Crippen LogP contribution is -2.14. The van der Waals surface area contributed by atoms with Crippen LogP contribution in [0.4, 0.5) is 4.79 Å². The van der Waals surface area contributed by atoms with E-state index in [4.69, 9.17) is 16.3 Å². The summed E-state index contributed by atoms with van der Waals surface area (Å²) in [4.78, 5) is 10.7. The summed E-state index contributed by atoms with van der Waals surface area (Å²) in [7, 11) is 0. The Morgan fingerprint density at radius 3 is 1.67 bits per heavy atom. The van der Waals surface area contributed by atoms with Crippen molar-refractivity contribution in [2.24, 2.45) is 0 Å². The molecule has 1 fully saturated rings. The highest BCUT2D eigenvalue weighted by molar-refractivity contribution is 6.61. The first-order chi connectivity index (χ1) is 7.29. The maximum absolute atomic E-state index is 10.7. The highest BCUT2D eigenvalue weighted by atomic mass is 35.5. The summed E-state index contributed by atoms with van der Waals surface area (Å²) in [5.41, 5.74) is -0.644. The van der Waals surface area contributed by atoms with Crippen LogP contribution in [0.3, 0.4) is 0 Å². The van der Waals surface area contributed by atoms with E-state index in [1.807, 2.05) is 0 Å². The number of ether oxygens (including phenoxy) is 1. The van der Waals surface area contributed by atoms with E-state index in [2.05, 4.69) is 0 Å². The van der Waals surface area contributed by atoms with Gasteiger partial charge in [0.2, 0.25) is 0 Å². The van der Waals surface area contributed by atoms with Crippen molar-refractivity contribution in [3.63, 3.8) is 0 Å². The van der Waals surface area contributed by atoms with E-state index in [0.717, 1.165) is 25.7 Å². The van der Waals surface area contributed by atoms with Gasteiger partial charge in [0, 0.05) is 11.6 Å². The quantitative estimate of drug-likeness (QED) is 0.616. The minimum Gasteiger partial charge on any atom is -0.450 e. The first-order valence-corrected chi connectivity index (χ1v) is 6.53. The van der Waals surface area contributed by atoms with E-state index in [9.17, 15) is 4.79 Å². The highest BCUT2D eigenvalue weighted by Crippen LogP contribution is 2.19. The molecule has 0 aromatic rings. The van der Waals surface area contributed by atoms with Gasteiger partial charge in [-0.15, -0.1) is 0 Å². The van der Waals surface area contributed by atoms with Crippen LogP contribution in [-0.4, -0.2) is 11.5 Å². The van der Waals surface area contributed by atoms with Crippen LogP contribution in [0.15, 0.2) is 0 Å². The van der Waals surface area contributed by atoms with Crippen molar-refractivity contribution in [2.45, 2.75) is 70.3 Å². The Morgan fingerprint density at radius 1 is 0.867 bits per heavy atom. The predicted octanol–water partition coefficient (Wildman–Crippen LogP) is 4.65. The van der Waals surface area contributed by atoms with Crippen molar-refractivity contribution < 1.29 is 9.53 Å². The summed E-state index contributed by atoms with van der Waals surface area (Å²) >= 11 is 5.25. The molecule has 0 amide bonds. The number of halogens is 1. The van der Waals surface area contributed by atoms with E-state index in [0.29, 0.717) is 0 Å². The number of rotatable bonds is 1. The van der Waals surface area contributed by atoms with Crippen molar-refractivity contribution in [3.05, 3.63) is 0 Å². The van der Waals surface area contributed by atoms with Gasteiger partial charge in [-0.25, -0.2) is 4.79 Å². The number of hydrogen-bond acceptors (Lipinski definition) is 2. The van der Waals surface area contributed by atoms with Gasteiger partial charge in [0.25, 0.3) is 0 Å². The second kappa shape index (κ2) is 7.98. The predicted molar refractivity (Wildman–Crippen MR) is 62.3 cm³/mol. The Balaban J connectivity index is 2.28. The van der Waals surface area contributed by atoms with E-state index < -0.39 is 5.43 Å². The van der Waals surface area contributed by atoms with Gasteiger partial charge >= 0.3 is 5.43 Å². The van der Waals surface area contributed by atoms with Gasteiger partial charge in [-0.3, -0.25) is 0 Å². The monoisotopic (exact) mass is 232 g/mol. The molecule has 88 valence electrons. The van der Waals surface area contributed by atoms with Crippen molar-refractivity contribution in [1.82, 2.24) is 0 Å². The van der Waals surface area contributed by atoms with Gasteiger partial charge in [0.05, 0.1) is 0 Å². The first kappa shape index (κ1) is 12.8. The van der Waals surface area contributed by atoms with E-state index in [1.54, 1.807) is 0 Å². The van der Waals surface area contributed by atoms with E-state index >= 15 is 0 Å². The van der Waals surface area contributed by atoms with Gasteiger partial charge in [-0.1, -0.05) is 38.5 Å². The average Bonchev–Trinajstić information content (AvgIpc) is 2.23. The van der Waals surface area contributed by atoms with Crippen LogP contribution >= 0.6 is 11.6 Å².